The summed E-state index contributed by atoms with van der Waals surface area (Å²) in [5, 5.41) is 2.52. The highest BCUT2D eigenvalue weighted by atomic mass is 32.2. The van der Waals surface area contributed by atoms with E-state index < -0.39 is 11.9 Å². The number of benzene rings is 1. The van der Waals surface area contributed by atoms with Gasteiger partial charge in [-0.05, 0) is 19.1 Å². The minimum atomic E-state index is -0.621. The van der Waals surface area contributed by atoms with Crippen molar-refractivity contribution < 1.29 is 9.59 Å². The summed E-state index contributed by atoms with van der Waals surface area (Å²) in [5.41, 5.74) is 5.03. The summed E-state index contributed by atoms with van der Waals surface area (Å²) in [6.45, 7) is 1.56. The Kier molecular flexibility index (Phi) is 4.85. The van der Waals surface area contributed by atoms with Crippen molar-refractivity contribution in [3.63, 3.8) is 0 Å². The molecule has 1 unspecified atom stereocenters. The van der Waals surface area contributed by atoms with E-state index in [-0.39, 0.29) is 11.7 Å². The third-order valence-corrected chi connectivity index (χ3v) is 2.93. The first kappa shape index (κ1) is 12.6. The molecule has 0 radical (unpaired) electrons. The molecule has 0 heterocycles. The monoisotopic (exact) mass is 238 g/mol. The fourth-order valence-electron chi connectivity index (χ4n) is 1.02. The predicted molar refractivity (Wildman–Crippen MR) is 64.0 cm³/mol. The van der Waals surface area contributed by atoms with Crippen molar-refractivity contribution >= 4 is 23.6 Å². The van der Waals surface area contributed by atoms with E-state index in [1.165, 1.54) is 11.8 Å². The number of nitrogens with two attached hydrogens (primary N) is 1. The Balaban J connectivity index is 2.33. The lowest BCUT2D eigenvalue weighted by Gasteiger charge is -2.09. The van der Waals surface area contributed by atoms with Crippen LogP contribution >= 0.6 is 11.8 Å². The minimum Gasteiger partial charge on any atom is -0.368 e. The third-order valence-electron chi connectivity index (χ3n) is 1.92. The molecule has 0 bridgehead atoms. The zero-order valence-electron chi connectivity index (χ0n) is 8.97. The Labute approximate surface area is 98.6 Å². The van der Waals surface area contributed by atoms with E-state index in [9.17, 15) is 9.59 Å². The molecule has 0 spiro atoms. The second kappa shape index (κ2) is 6.17. The van der Waals surface area contributed by atoms with Crippen molar-refractivity contribution in [2.45, 2.75) is 17.9 Å². The average molecular weight is 238 g/mol. The van der Waals surface area contributed by atoms with E-state index in [1.807, 2.05) is 30.3 Å². The summed E-state index contributed by atoms with van der Waals surface area (Å²) in [4.78, 5) is 23.1. The number of thioether (sulfide) groups is 1. The van der Waals surface area contributed by atoms with Gasteiger partial charge in [0.2, 0.25) is 11.8 Å². The van der Waals surface area contributed by atoms with Crippen LogP contribution in [0.15, 0.2) is 35.2 Å². The van der Waals surface area contributed by atoms with Gasteiger partial charge in [-0.2, -0.15) is 0 Å². The summed E-state index contributed by atoms with van der Waals surface area (Å²) in [7, 11) is 0. The second-order valence-electron chi connectivity index (χ2n) is 3.29. The molecule has 16 heavy (non-hydrogen) atoms. The fourth-order valence-corrected chi connectivity index (χ4v) is 1.75. The van der Waals surface area contributed by atoms with Crippen molar-refractivity contribution in [3.8, 4) is 0 Å². The maximum absolute atomic E-state index is 11.4. The van der Waals surface area contributed by atoms with Gasteiger partial charge in [0.05, 0.1) is 5.75 Å². The average Bonchev–Trinajstić information content (AvgIpc) is 2.27. The largest absolute Gasteiger partial charge is 0.368 e. The number of carbonyl (C=O) groups excluding carboxylic acids is 2. The molecular weight excluding hydrogens is 224 g/mol. The molecule has 0 fully saturated rings. The summed E-state index contributed by atoms with van der Waals surface area (Å²) in [5.74, 6) is -0.444. The quantitative estimate of drug-likeness (QED) is 0.744. The number of amides is 2. The van der Waals surface area contributed by atoms with Gasteiger partial charge in [0.15, 0.2) is 0 Å². The van der Waals surface area contributed by atoms with Crippen molar-refractivity contribution in [2.75, 3.05) is 5.75 Å². The number of nitrogens with one attached hydrogen (secondary N) is 1. The Morgan fingerprint density at radius 1 is 1.38 bits per heavy atom. The number of carbonyl (C=O) groups is 2. The van der Waals surface area contributed by atoms with Crippen LogP contribution in [-0.2, 0) is 9.59 Å². The zero-order chi connectivity index (χ0) is 12.0. The molecule has 3 N–H and O–H groups in total. The first-order valence-corrected chi connectivity index (χ1v) is 5.84. The normalized spacial score (nSPS) is 11.8. The van der Waals surface area contributed by atoms with E-state index in [2.05, 4.69) is 5.32 Å². The van der Waals surface area contributed by atoms with Crippen LogP contribution in [0.5, 0.6) is 0 Å². The summed E-state index contributed by atoms with van der Waals surface area (Å²) in [6, 6.07) is 8.96. The van der Waals surface area contributed by atoms with Gasteiger partial charge in [-0.15, -0.1) is 11.8 Å². The molecule has 0 aliphatic heterocycles. The molecule has 0 aliphatic rings. The topological polar surface area (TPSA) is 72.2 Å². The van der Waals surface area contributed by atoms with Crippen molar-refractivity contribution in [3.05, 3.63) is 30.3 Å². The summed E-state index contributed by atoms with van der Waals surface area (Å²) in [6.07, 6.45) is 0. The van der Waals surface area contributed by atoms with Gasteiger partial charge in [0, 0.05) is 4.90 Å². The van der Waals surface area contributed by atoms with E-state index in [0.29, 0.717) is 0 Å². The lowest BCUT2D eigenvalue weighted by molar-refractivity contribution is -0.125. The van der Waals surface area contributed by atoms with Gasteiger partial charge in [-0.25, -0.2) is 0 Å². The second-order valence-corrected chi connectivity index (χ2v) is 4.34. The van der Waals surface area contributed by atoms with Crippen molar-refractivity contribution in [2.24, 2.45) is 5.73 Å². The van der Waals surface area contributed by atoms with Crippen molar-refractivity contribution in [1.82, 2.24) is 5.32 Å². The number of hydrogen-bond donors (Lipinski definition) is 2. The van der Waals surface area contributed by atoms with Gasteiger partial charge in [0.1, 0.15) is 6.04 Å². The van der Waals surface area contributed by atoms with Gasteiger partial charge in [0.25, 0.3) is 0 Å². The van der Waals surface area contributed by atoms with Crippen LogP contribution in [0.1, 0.15) is 6.92 Å². The molecular formula is C11H14N2O2S. The van der Waals surface area contributed by atoms with Crippen LogP contribution in [0.25, 0.3) is 0 Å². The minimum absolute atomic E-state index is 0.194. The molecule has 1 aromatic carbocycles. The van der Waals surface area contributed by atoms with Crippen LogP contribution in [0.4, 0.5) is 0 Å². The van der Waals surface area contributed by atoms with Crippen LogP contribution in [0.3, 0.4) is 0 Å². The van der Waals surface area contributed by atoms with Crippen LogP contribution in [-0.4, -0.2) is 23.6 Å². The molecule has 0 aliphatic carbocycles. The van der Waals surface area contributed by atoms with Gasteiger partial charge in [-0.3, -0.25) is 9.59 Å². The fraction of sp³-hybridized carbons (Fsp3) is 0.273. The maximum Gasteiger partial charge on any atom is 0.239 e. The zero-order valence-corrected chi connectivity index (χ0v) is 9.79. The molecule has 0 aromatic heterocycles. The molecule has 1 aromatic rings. The van der Waals surface area contributed by atoms with Gasteiger partial charge in [-0.1, -0.05) is 18.2 Å². The third kappa shape index (κ3) is 4.35. The number of rotatable bonds is 5. The molecule has 0 saturated heterocycles. The van der Waals surface area contributed by atoms with E-state index >= 15 is 0 Å². The lowest BCUT2D eigenvalue weighted by Crippen LogP contribution is -2.42. The first-order chi connectivity index (χ1) is 7.59. The first-order valence-electron chi connectivity index (χ1n) is 4.86. The summed E-state index contributed by atoms with van der Waals surface area (Å²) < 4.78 is 0. The molecule has 4 nitrogen and oxygen atoms in total. The summed E-state index contributed by atoms with van der Waals surface area (Å²) >= 11 is 1.42. The van der Waals surface area contributed by atoms with Crippen molar-refractivity contribution in [1.29, 1.82) is 0 Å². The number of hydrogen-bond acceptors (Lipinski definition) is 3. The van der Waals surface area contributed by atoms with E-state index in [4.69, 9.17) is 5.73 Å². The smallest absolute Gasteiger partial charge is 0.239 e. The molecule has 5 heteroatoms. The Bertz CT molecular complexity index is 368. The SMILES string of the molecule is CC(NC(=O)CSc1ccccc1)C(N)=O. The predicted octanol–water partition coefficient (Wildman–Crippen LogP) is 0.769. The van der Waals surface area contributed by atoms with Gasteiger partial charge < -0.3 is 11.1 Å². The molecule has 1 atom stereocenters. The Hall–Kier alpha value is -1.49. The van der Waals surface area contributed by atoms with Gasteiger partial charge >= 0.3 is 0 Å². The lowest BCUT2D eigenvalue weighted by atomic mass is 10.3. The number of primary amides is 1. The van der Waals surface area contributed by atoms with Crippen LogP contribution < -0.4 is 11.1 Å². The highest BCUT2D eigenvalue weighted by molar-refractivity contribution is 8.00. The highest BCUT2D eigenvalue weighted by Gasteiger charge is 2.11. The Morgan fingerprint density at radius 3 is 2.56 bits per heavy atom. The standard InChI is InChI=1S/C11H14N2O2S/c1-8(11(12)15)13-10(14)7-16-9-5-3-2-4-6-9/h2-6,8H,7H2,1H3,(H2,12,15)(H,13,14). The Morgan fingerprint density at radius 2 is 2.00 bits per heavy atom. The highest BCUT2D eigenvalue weighted by Crippen LogP contribution is 2.16. The maximum atomic E-state index is 11.4. The molecule has 1 rings (SSSR count). The van der Waals surface area contributed by atoms with Crippen LogP contribution in [0.2, 0.25) is 0 Å². The molecule has 0 saturated carbocycles. The molecule has 86 valence electrons. The van der Waals surface area contributed by atoms with Crippen LogP contribution in [0, 0.1) is 0 Å². The van der Waals surface area contributed by atoms with E-state index in [0.717, 1.165) is 4.90 Å². The molecule has 2 amide bonds. The van der Waals surface area contributed by atoms with E-state index in [1.54, 1.807) is 6.92 Å².